The molecule has 0 aliphatic heterocycles. The van der Waals surface area contributed by atoms with Gasteiger partial charge in [0.15, 0.2) is 0 Å². The lowest BCUT2D eigenvalue weighted by Crippen LogP contribution is -1.90. The molecule has 0 heterocycles. The molecule has 1 nitrogen and oxygen atoms in total. The summed E-state index contributed by atoms with van der Waals surface area (Å²) in [5.74, 6) is 0. The average Bonchev–Trinajstić information content (AvgIpc) is 1.68. The molecule has 0 N–H and O–H groups in total. The average molecular weight is 136 g/mol. The van der Waals surface area contributed by atoms with Gasteiger partial charge >= 0.3 is 0 Å². The van der Waals surface area contributed by atoms with Crippen LogP contribution in [0.5, 0.6) is 0 Å². The molecule has 0 spiro atoms. The van der Waals surface area contributed by atoms with Crippen molar-refractivity contribution in [2.45, 2.75) is 5.25 Å². The molecule has 0 rings (SSSR count). The standard InChI is InChI=1S/C4H4ClOS/c5-2-1-4(7)3-6/h1-2,4,7H. The molecule has 7 heavy (non-hydrogen) atoms. The van der Waals surface area contributed by atoms with Gasteiger partial charge in [0.2, 0.25) is 6.29 Å². The van der Waals surface area contributed by atoms with Gasteiger partial charge in [-0.25, -0.2) is 0 Å². The highest BCUT2D eigenvalue weighted by Gasteiger charge is 1.90. The molecule has 0 aliphatic rings. The van der Waals surface area contributed by atoms with Crippen molar-refractivity contribution in [2.24, 2.45) is 0 Å². The molecule has 39 valence electrons. The van der Waals surface area contributed by atoms with Crippen LogP contribution in [0.15, 0.2) is 11.6 Å². The molecular formula is C4H4ClOS. The lowest BCUT2D eigenvalue weighted by atomic mass is 10.5. The summed E-state index contributed by atoms with van der Waals surface area (Å²) in [5, 5.41) is -0.475. The predicted octanol–water partition coefficient (Wildman–Crippen LogP) is 1.15. The molecular weight excluding hydrogens is 132 g/mol. The Morgan fingerprint density at radius 3 is 2.57 bits per heavy atom. The SMILES string of the molecule is O=[C]C(S)C=CCl. The normalized spacial score (nSPS) is 14.6. The Labute approximate surface area is 52.8 Å². The Balaban J connectivity index is 3.35. The van der Waals surface area contributed by atoms with Crippen LogP contribution >= 0.6 is 24.2 Å². The molecule has 1 atom stereocenters. The van der Waals surface area contributed by atoms with Crippen molar-refractivity contribution in [3.05, 3.63) is 11.6 Å². The summed E-state index contributed by atoms with van der Waals surface area (Å²) < 4.78 is 0. The first kappa shape index (κ1) is 7.05. The summed E-state index contributed by atoms with van der Waals surface area (Å²) in [4.78, 5) is 9.58. The summed E-state index contributed by atoms with van der Waals surface area (Å²) in [6.45, 7) is 0. The van der Waals surface area contributed by atoms with E-state index in [0.717, 1.165) is 0 Å². The molecule has 0 fully saturated rings. The van der Waals surface area contributed by atoms with E-state index in [1.54, 1.807) is 6.29 Å². The Morgan fingerprint density at radius 1 is 1.86 bits per heavy atom. The maximum Gasteiger partial charge on any atom is 0.216 e. The van der Waals surface area contributed by atoms with Gasteiger partial charge in [-0.3, -0.25) is 4.79 Å². The molecule has 1 radical (unpaired) electrons. The monoisotopic (exact) mass is 135 g/mol. The highest BCUT2D eigenvalue weighted by atomic mass is 35.5. The number of halogens is 1. The lowest BCUT2D eigenvalue weighted by Gasteiger charge is -1.82. The maximum atomic E-state index is 9.58. The van der Waals surface area contributed by atoms with Gasteiger partial charge in [-0.05, 0) is 0 Å². The van der Waals surface area contributed by atoms with Crippen LogP contribution in [0.25, 0.3) is 0 Å². The minimum Gasteiger partial charge on any atom is -0.289 e. The first-order chi connectivity index (χ1) is 3.31. The zero-order valence-electron chi connectivity index (χ0n) is 3.47. The van der Waals surface area contributed by atoms with Gasteiger partial charge in [-0.15, -0.1) is 0 Å². The molecule has 0 amide bonds. The molecule has 1 unspecified atom stereocenters. The number of thiol groups is 1. The summed E-state index contributed by atoms with van der Waals surface area (Å²) in [6.07, 6.45) is 3.04. The van der Waals surface area contributed by atoms with Crippen LogP contribution in [0.2, 0.25) is 0 Å². The third-order valence-electron chi connectivity index (χ3n) is 0.376. The first-order valence-electron chi connectivity index (χ1n) is 1.64. The number of hydrogen-bond donors (Lipinski definition) is 1. The van der Waals surface area contributed by atoms with Crippen LogP contribution in [0.3, 0.4) is 0 Å². The molecule has 3 heteroatoms. The highest BCUT2D eigenvalue weighted by Crippen LogP contribution is 1.92. The molecule has 0 aromatic rings. The fraction of sp³-hybridized carbons (Fsp3) is 0.250. The highest BCUT2D eigenvalue weighted by molar-refractivity contribution is 7.81. The van der Waals surface area contributed by atoms with Crippen LogP contribution in [0.4, 0.5) is 0 Å². The van der Waals surface area contributed by atoms with E-state index >= 15 is 0 Å². The Kier molecular flexibility index (Phi) is 4.25. The van der Waals surface area contributed by atoms with Gasteiger partial charge in [0.05, 0.1) is 5.25 Å². The van der Waals surface area contributed by atoms with Crippen LogP contribution < -0.4 is 0 Å². The van der Waals surface area contributed by atoms with Gasteiger partial charge in [0, 0.05) is 5.54 Å². The van der Waals surface area contributed by atoms with E-state index in [1.807, 2.05) is 0 Å². The zero-order chi connectivity index (χ0) is 5.70. The van der Waals surface area contributed by atoms with Gasteiger partial charge in [0.25, 0.3) is 0 Å². The van der Waals surface area contributed by atoms with Gasteiger partial charge < -0.3 is 0 Å². The van der Waals surface area contributed by atoms with E-state index in [2.05, 4.69) is 12.6 Å². The summed E-state index contributed by atoms with van der Waals surface area (Å²) in [6, 6.07) is 0. The molecule has 0 saturated heterocycles. The second-order valence-corrected chi connectivity index (χ2v) is 1.69. The fourth-order valence-corrected chi connectivity index (χ4v) is 0.441. The van der Waals surface area contributed by atoms with Crippen molar-refractivity contribution in [3.63, 3.8) is 0 Å². The van der Waals surface area contributed by atoms with Crippen LogP contribution in [0.1, 0.15) is 0 Å². The van der Waals surface area contributed by atoms with Crippen molar-refractivity contribution < 1.29 is 4.79 Å². The number of rotatable bonds is 2. The van der Waals surface area contributed by atoms with E-state index < -0.39 is 5.25 Å². The second kappa shape index (κ2) is 4.22. The smallest absolute Gasteiger partial charge is 0.216 e. The van der Waals surface area contributed by atoms with Crippen LogP contribution in [-0.4, -0.2) is 11.5 Å². The summed E-state index contributed by atoms with van der Waals surface area (Å²) in [5.41, 5.74) is 1.24. The Morgan fingerprint density at radius 2 is 2.43 bits per heavy atom. The van der Waals surface area contributed by atoms with E-state index in [1.165, 1.54) is 11.6 Å². The van der Waals surface area contributed by atoms with E-state index in [-0.39, 0.29) is 0 Å². The fourth-order valence-electron chi connectivity index (χ4n) is 0.108. The van der Waals surface area contributed by atoms with Gasteiger partial charge in [-0.2, -0.15) is 12.6 Å². The van der Waals surface area contributed by atoms with Crippen LogP contribution in [0, 0.1) is 0 Å². The van der Waals surface area contributed by atoms with Crippen molar-refractivity contribution in [3.8, 4) is 0 Å². The molecule has 0 bridgehead atoms. The van der Waals surface area contributed by atoms with Gasteiger partial charge in [0.1, 0.15) is 0 Å². The summed E-state index contributed by atoms with van der Waals surface area (Å²) in [7, 11) is 0. The van der Waals surface area contributed by atoms with E-state index in [0.29, 0.717) is 0 Å². The largest absolute Gasteiger partial charge is 0.289 e. The second-order valence-electron chi connectivity index (χ2n) is 0.881. The van der Waals surface area contributed by atoms with Crippen molar-refractivity contribution in [1.29, 1.82) is 0 Å². The van der Waals surface area contributed by atoms with Crippen molar-refractivity contribution >= 4 is 30.5 Å². The minimum absolute atomic E-state index is 0.475. The Hall–Kier alpha value is 0.0500. The van der Waals surface area contributed by atoms with E-state index in [9.17, 15) is 4.79 Å². The van der Waals surface area contributed by atoms with Gasteiger partial charge in [-0.1, -0.05) is 17.7 Å². The lowest BCUT2D eigenvalue weighted by molar-refractivity contribution is 0.557. The minimum atomic E-state index is -0.475. The molecule has 0 saturated carbocycles. The quantitative estimate of drug-likeness (QED) is 0.562. The van der Waals surface area contributed by atoms with Crippen molar-refractivity contribution in [1.82, 2.24) is 0 Å². The Bertz CT molecular complexity index is 81.8. The molecule has 0 aromatic heterocycles. The predicted molar refractivity (Wildman–Crippen MR) is 33.5 cm³/mol. The number of carbonyl (C=O) groups excluding carboxylic acids is 1. The third-order valence-corrected chi connectivity index (χ3v) is 0.799. The summed E-state index contributed by atoms with van der Waals surface area (Å²) >= 11 is 8.78. The third kappa shape index (κ3) is 3.89. The van der Waals surface area contributed by atoms with E-state index in [4.69, 9.17) is 11.6 Å². The zero-order valence-corrected chi connectivity index (χ0v) is 5.12. The first-order valence-corrected chi connectivity index (χ1v) is 2.59. The maximum absolute atomic E-state index is 9.58. The topological polar surface area (TPSA) is 17.1 Å². The molecule has 0 aliphatic carbocycles. The van der Waals surface area contributed by atoms with Crippen molar-refractivity contribution in [2.75, 3.05) is 0 Å². The van der Waals surface area contributed by atoms with Crippen LogP contribution in [-0.2, 0) is 4.79 Å². The molecule has 0 aromatic carbocycles. The number of hydrogen-bond acceptors (Lipinski definition) is 2.